The van der Waals surface area contributed by atoms with E-state index in [1.165, 1.54) is 25.7 Å². The number of Topliss-reactive ketones (excluding diaryl/α,β-unsaturated/α-hetero) is 1. The maximum atomic E-state index is 15.1. The minimum Gasteiger partial charge on any atom is -0.762 e. The molecule has 4 aliphatic heterocycles. The predicted molar refractivity (Wildman–Crippen MR) is 298 cm³/mol. The molecule has 4 heterocycles. The Morgan fingerprint density at radius 3 is 1.68 bits per heavy atom. The van der Waals surface area contributed by atoms with Crippen molar-refractivity contribution in [3.8, 4) is 6.07 Å². The summed E-state index contributed by atoms with van der Waals surface area (Å²) in [4.78, 5) is 17.5. The number of hydrogen-bond donors (Lipinski definition) is 0. The summed E-state index contributed by atoms with van der Waals surface area (Å²) in [6.07, 6.45) is 13.0. The van der Waals surface area contributed by atoms with Gasteiger partial charge in [0.05, 0.1) is 33.4 Å². The van der Waals surface area contributed by atoms with Crippen molar-refractivity contribution in [3.05, 3.63) is 93.1 Å². The maximum Gasteiger partial charge on any atom is 0.494 e. The van der Waals surface area contributed by atoms with Crippen LogP contribution in [0.15, 0.2) is 76.5 Å². The van der Waals surface area contributed by atoms with Crippen LogP contribution in [-0.2, 0) is 34.2 Å². The highest BCUT2D eigenvalue weighted by molar-refractivity contribution is 6.62. The average molecular weight is 977 g/mol. The number of fused-ring (bicyclic) bond motifs is 2. The molecule has 2 fully saturated rings. The molecular weight excluding hydrogens is 890 g/mol. The summed E-state index contributed by atoms with van der Waals surface area (Å²) in [5, 5.41) is 21.3. The second kappa shape index (κ2) is 20.4. The minimum absolute atomic E-state index is 0.0586. The molecule has 72 heavy (non-hydrogen) atoms. The molecule has 0 radical (unpaired) electrons. The summed E-state index contributed by atoms with van der Waals surface area (Å²) in [5.74, 6) is 4.39. The lowest BCUT2D eigenvalue weighted by molar-refractivity contribution is -0.439. The van der Waals surface area contributed by atoms with Gasteiger partial charge in [0.15, 0.2) is 11.5 Å². The van der Waals surface area contributed by atoms with Crippen molar-refractivity contribution in [2.45, 2.75) is 209 Å². The van der Waals surface area contributed by atoms with Gasteiger partial charge in [-0.15, -0.1) is 0 Å². The fourth-order valence-electron chi connectivity index (χ4n) is 11.2. The zero-order valence-electron chi connectivity index (χ0n) is 47.5. The Morgan fingerprint density at radius 2 is 1.18 bits per heavy atom. The SMILES string of the molecule is CC(C)CCCC(C)CCN1/C(=C/C2=C(C(=C=[N-])C#N)C(=C/C3=[N+](CCC(C)CCCC(C)C)c4ccc(B5OC(C)(C)C(C)(C)O5)cc4C3(C)C)/C2=O)C(C)(C)c2cc(B3OC(C)(C)C(C)(C)O3)ccc21. The Bertz CT molecular complexity index is 2640. The molecule has 2 aromatic carbocycles. The van der Waals surface area contributed by atoms with Crippen LogP contribution < -0.4 is 15.8 Å². The third-order valence-electron chi connectivity index (χ3n) is 17.6. The smallest absolute Gasteiger partial charge is 0.494 e. The molecule has 386 valence electrons. The molecule has 5 aliphatic rings. The summed E-state index contributed by atoms with van der Waals surface area (Å²) in [7, 11) is -1.05. The highest BCUT2D eigenvalue weighted by Crippen LogP contribution is 2.51. The van der Waals surface area contributed by atoms with Gasteiger partial charge in [-0.05, 0) is 128 Å². The number of nitriles is 1. The topological polar surface area (TPSA) is 106 Å². The first-order valence-corrected chi connectivity index (χ1v) is 27.3. The van der Waals surface area contributed by atoms with Gasteiger partial charge in [-0.3, -0.25) is 4.79 Å². The second-order valence-electron chi connectivity index (χ2n) is 25.9. The minimum atomic E-state index is -0.547. The maximum absolute atomic E-state index is 15.1. The number of ketones is 1. The number of rotatable bonds is 19. The van der Waals surface area contributed by atoms with Crippen LogP contribution in [0, 0.1) is 35.0 Å². The molecule has 0 amide bonds. The largest absolute Gasteiger partial charge is 0.762 e. The van der Waals surface area contributed by atoms with E-state index in [4.69, 9.17) is 18.6 Å². The van der Waals surface area contributed by atoms with Crippen LogP contribution in [0.2, 0.25) is 0 Å². The molecule has 0 saturated carbocycles. The van der Waals surface area contributed by atoms with Crippen LogP contribution in [-0.4, -0.2) is 71.7 Å². The van der Waals surface area contributed by atoms with Gasteiger partial charge in [0.1, 0.15) is 12.6 Å². The molecular formula is C61H86B2N4O5. The number of benzene rings is 2. The lowest BCUT2D eigenvalue weighted by Gasteiger charge is -2.32. The lowest BCUT2D eigenvalue weighted by atomic mass is 9.71. The van der Waals surface area contributed by atoms with Crippen LogP contribution in [0.5, 0.6) is 0 Å². The summed E-state index contributed by atoms with van der Waals surface area (Å²) in [6.45, 7) is 40.8. The second-order valence-corrected chi connectivity index (χ2v) is 25.9. The Kier molecular flexibility index (Phi) is 15.7. The quantitative estimate of drug-likeness (QED) is 0.0454. The van der Waals surface area contributed by atoms with Gasteiger partial charge in [0.25, 0.3) is 0 Å². The summed E-state index contributed by atoms with van der Waals surface area (Å²) in [5.41, 5.74) is 6.38. The zero-order chi connectivity index (χ0) is 53.1. The van der Waals surface area contributed by atoms with Crippen molar-refractivity contribution in [3.63, 3.8) is 0 Å². The van der Waals surface area contributed by atoms with E-state index in [1.54, 1.807) is 0 Å². The first kappa shape index (κ1) is 55.5. The number of anilines is 1. The van der Waals surface area contributed by atoms with E-state index in [1.807, 2.05) is 12.2 Å². The van der Waals surface area contributed by atoms with Gasteiger partial charge in [-0.25, -0.2) is 5.87 Å². The third kappa shape index (κ3) is 10.5. The van der Waals surface area contributed by atoms with Crippen molar-refractivity contribution < 1.29 is 28.0 Å². The van der Waals surface area contributed by atoms with Gasteiger partial charge < -0.3 is 28.9 Å². The fraction of sp³-hybridized carbons (Fsp3) is 0.623. The van der Waals surface area contributed by atoms with Crippen LogP contribution in [0.4, 0.5) is 11.4 Å². The third-order valence-corrected chi connectivity index (χ3v) is 17.6. The molecule has 2 saturated heterocycles. The Morgan fingerprint density at radius 1 is 0.681 bits per heavy atom. The van der Waals surface area contributed by atoms with Crippen molar-refractivity contribution in [1.29, 1.82) is 5.26 Å². The molecule has 1 aliphatic carbocycles. The van der Waals surface area contributed by atoms with E-state index in [-0.39, 0.29) is 11.4 Å². The first-order valence-electron chi connectivity index (χ1n) is 27.3. The molecule has 9 nitrogen and oxygen atoms in total. The van der Waals surface area contributed by atoms with Gasteiger partial charge >= 0.3 is 14.2 Å². The molecule has 0 N–H and O–H groups in total. The van der Waals surface area contributed by atoms with E-state index in [9.17, 15) is 10.7 Å². The zero-order valence-corrected chi connectivity index (χ0v) is 47.5. The van der Waals surface area contributed by atoms with E-state index in [0.717, 1.165) is 83.6 Å². The molecule has 7 rings (SSSR count). The molecule has 2 atom stereocenters. The van der Waals surface area contributed by atoms with Gasteiger partial charge in [0.2, 0.25) is 5.69 Å². The average Bonchev–Trinajstić information content (AvgIpc) is 3.83. The van der Waals surface area contributed by atoms with Crippen LogP contribution in [0.3, 0.4) is 0 Å². The predicted octanol–water partition coefficient (Wildman–Crippen LogP) is 12.5. The molecule has 0 spiro atoms. The van der Waals surface area contributed by atoms with Crippen molar-refractivity contribution in [1.82, 2.24) is 0 Å². The first-order chi connectivity index (χ1) is 33.5. The lowest BCUT2D eigenvalue weighted by Crippen LogP contribution is -2.41. The van der Waals surface area contributed by atoms with Crippen LogP contribution in [0.25, 0.3) is 5.41 Å². The molecule has 0 bridgehead atoms. The molecule has 0 aromatic heterocycles. The van der Waals surface area contributed by atoms with Gasteiger partial charge in [-0.2, -0.15) is 9.84 Å². The number of carbonyl (C=O) groups is 1. The fourth-order valence-corrected chi connectivity index (χ4v) is 11.2. The summed E-state index contributed by atoms with van der Waals surface area (Å²) < 4.78 is 28.6. The monoisotopic (exact) mass is 977 g/mol. The van der Waals surface area contributed by atoms with E-state index < -0.39 is 47.5 Å². The highest BCUT2D eigenvalue weighted by Gasteiger charge is 2.55. The number of nitrogens with zero attached hydrogens (tertiary/aromatic N) is 4. The van der Waals surface area contributed by atoms with E-state index in [0.29, 0.717) is 40.4 Å². The van der Waals surface area contributed by atoms with Crippen molar-refractivity contribution in [2.75, 3.05) is 18.0 Å². The van der Waals surface area contributed by atoms with Gasteiger partial charge in [-0.1, -0.05) is 118 Å². The Balaban J connectivity index is 1.32. The number of carbonyl (C=O) groups excluding carboxylic acids is 1. The number of hydrogen-bond acceptors (Lipinski definition) is 7. The Labute approximate surface area is 435 Å². The summed E-state index contributed by atoms with van der Waals surface area (Å²) >= 11 is 0. The Hall–Kier alpha value is -4.29. The molecule has 2 unspecified atom stereocenters. The standard InChI is InChI=1S/C61H86B2N4O5/c1-39(2)21-19-23-41(5)29-31-66-50-27-25-44(62-69-58(11,12)59(13,14)70-62)33-48(50)56(7,8)52(66)35-46-54(43(37-64)38-65)47(55(46)68)36-53-57(9,10)49-34-45(63-71-60(15,16)61(17,18)72-63)26-28-51(49)67(53)32-30-42(6)24-20-22-40(3)4/h25-28,33-36,39-42H,19-24,29-32H2,1-18H3. The molecule has 2 aromatic rings. The van der Waals surface area contributed by atoms with Crippen molar-refractivity contribution in [2.24, 2.45) is 23.7 Å². The van der Waals surface area contributed by atoms with Crippen LogP contribution >= 0.6 is 0 Å². The normalized spacial score (nSPS) is 23.0. The van der Waals surface area contributed by atoms with E-state index >= 15 is 4.79 Å². The van der Waals surface area contributed by atoms with Crippen LogP contribution in [0.1, 0.15) is 187 Å². The highest BCUT2D eigenvalue weighted by atomic mass is 16.7. The van der Waals surface area contributed by atoms with Crippen molar-refractivity contribution >= 4 is 53.9 Å². The number of allylic oxidation sites excluding steroid dienone is 7. The summed E-state index contributed by atoms with van der Waals surface area (Å²) in [6, 6.07) is 15.2. The van der Waals surface area contributed by atoms with E-state index in [2.05, 4.69) is 182 Å². The molecule has 11 heteroatoms. The van der Waals surface area contributed by atoms with Gasteiger partial charge in [0, 0.05) is 64.2 Å².